The predicted octanol–water partition coefficient (Wildman–Crippen LogP) is 1.96. The molecule has 23 heavy (non-hydrogen) atoms. The highest BCUT2D eigenvalue weighted by Crippen LogP contribution is 2.30. The van der Waals surface area contributed by atoms with Crippen molar-refractivity contribution in [3.63, 3.8) is 0 Å². The number of halogens is 1. The third-order valence-corrected chi connectivity index (χ3v) is 4.51. The Bertz CT molecular complexity index is 851. The van der Waals surface area contributed by atoms with Crippen LogP contribution in [0.1, 0.15) is 12.0 Å². The summed E-state index contributed by atoms with van der Waals surface area (Å²) in [7, 11) is 0. The van der Waals surface area contributed by atoms with Gasteiger partial charge in [0.1, 0.15) is 12.1 Å². The Balaban J connectivity index is 1.57. The van der Waals surface area contributed by atoms with Gasteiger partial charge in [0.2, 0.25) is 0 Å². The van der Waals surface area contributed by atoms with Crippen LogP contribution in [0, 0.1) is 0 Å². The van der Waals surface area contributed by atoms with E-state index in [1.165, 1.54) is 0 Å². The minimum Gasteiger partial charge on any atom is -0.388 e. The maximum atomic E-state index is 10.9. The third kappa shape index (κ3) is 2.75. The molecule has 6 nitrogen and oxygen atoms in total. The van der Waals surface area contributed by atoms with Gasteiger partial charge in [-0.25, -0.2) is 0 Å². The van der Waals surface area contributed by atoms with E-state index in [4.69, 9.17) is 11.6 Å². The van der Waals surface area contributed by atoms with Gasteiger partial charge in [0, 0.05) is 24.5 Å². The number of rotatable bonds is 3. The molecule has 1 unspecified atom stereocenters. The van der Waals surface area contributed by atoms with Crippen molar-refractivity contribution in [3.05, 3.63) is 53.6 Å². The van der Waals surface area contributed by atoms with E-state index in [2.05, 4.69) is 20.1 Å². The van der Waals surface area contributed by atoms with E-state index in [9.17, 15) is 5.11 Å². The minimum atomic E-state index is -0.777. The molecule has 3 heterocycles. The lowest BCUT2D eigenvalue weighted by atomic mass is 9.94. The van der Waals surface area contributed by atoms with Crippen molar-refractivity contribution in [2.24, 2.45) is 0 Å². The molecule has 3 aromatic rings. The SMILES string of the molecule is OC1(Cc2cccc(Cl)c2)CCN(c2cncc3nncn23)C1. The molecule has 0 saturated carbocycles. The van der Waals surface area contributed by atoms with Gasteiger partial charge in [0.05, 0.1) is 18.0 Å². The van der Waals surface area contributed by atoms with Crippen LogP contribution in [0.4, 0.5) is 5.82 Å². The van der Waals surface area contributed by atoms with Gasteiger partial charge in [0.15, 0.2) is 5.65 Å². The number of anilines is 1. The van der Waals surface area contributed by atoms with E-state index in [-0.39, 0.29) is 0 Å². The molecule has 7 heteroatoms. The van der Waals surface area contributed by atoms with E-state index >= 15 is 0 Å². The molecule has 1 atom stereocenters. The summed E-state index contributed by atoms with van der Waals surface area (Å²) in [5, 5.41) is 19.6. The van der Waals surface area contributed by atoms with Crippen LogP contribution in [0.5, 0.6) is 0 Å². The summed E-state index contributed by atoms with van der Waals surface area (Å²) in [6.45, 7) is 1.30. The second-order valence-electron chi connectivity index (χ2n) is 6.03. The molecule has 1 aliphatic rings. The van der Waals surface area contributed by atoms with Crippen molar-refractivity contribution in [1.29, 1.82) is 0 Å². The molecule has 0 spiro atoms. The number of benzene rings is 1. The summed E-state index contributed by atoms with van der Waals surface area (Å²) in [5.74, 6) is 0.898. The van der Waals surface area contributed by atoms with Gasteiger partial charge in [-0.3, -0.25) is 9.38 Å². The van der Waals surface area contributed by atoms with Crippen LogP contribution in [0.2, 0.25) is 5.02 Å². The number of nitrogens with zero attached hydrogens (tertiary/aromatic N) is 5. The zero-order valence-electron chi connectivity index (χ0n) is 12.4. The van der Waals surface area contributed by atoms with Crippen molar-refractivity contribution in [3.8, 4) is 0 Å². The Hall–Kier alpha value is -2.18. The third-order valence-electron chi connectivity index (χ3n) is 4.28. The van der Waals surface area contributed by atoms with Crippen molar-refractivity contribution in [2.75, 3.05) is 18.0 Å². The van der Waals surface area contributed by atoms with E-state index in [0.29, 0.717) is 30.1 Å². The minimum absolute atomic E-state index is 0.540. The average molecular weight is 330 g/mol. The number of hydrogen-bond donors (Lipinski definition) is 1. The summed E-state index contributed by atoms with van der Waals surface area (Å²) < 4.78 is 1.89. The van der Waals surface area contributed by atoms with Crippen molar-refractivity contribution >= 4 is 23.1 Å². The number of β-amino-alcohol motifs (C(OH)–C–C–N with tert-alkyl or cyclic N) is 1. The topological polar surface area (TPSA) is 66.5 Å². The van der Waals surface area contributed by atoms with Crippen LogP contribution in [0.3, 0.4) is 0 Å². The second kappa shape index (κ2) is 5.47. The van der Waals surface area contributed by atoms with Gasteiger partial charge in [0.25, 0.3) is 0 Å². The van der Waals surface area contributed by atoms with Gasteiger partial charge < -0.3 is 10.0 Å². The zero-order valence-corrected chi connectivity index (χ0v) is 13.2. The highest BCUT2D eigenvalue weighted by Gasteiger charge is 2.37. The lowest BCUT2D eigenvalue weighted by Crippen LogP contribution is -2.36. The summed E-state index contributed by atoms with van der Waals surface area (Å²) in [6.07, 6.45) is 6.39. The number of aliphatic hydroxyl groups is 1. The molecule has 0 bridgehead atoms. The van der Waals surface area contributed by atoms with E-state index in [1.807, 2.05) is 28.7 Å². The summed E-state index contributed by atoms with van der Waals surface area (Å²) in [4.78, 5) is 6.33. The standard InChI is InChI=1S/C16H16ClN5O/c17-13-3-1-2-12(6-13)7-16(23)4-5-21(10-16)15-9-18-8-14-20-19-11-22(14)15/h1-3,6,8-9,11,23H,4-5,7,10H2. The monoisotopic (exact) mass is 329 g/mol. The highest BCUT2D eigenvalue weighted by atomic mass is 35.5. The Morgan fingerprint density at radius 2 is 2.22 bits per heavy atom. The average Bonchev–Trinajstić information content (AvgIpc) is 3.13. The quantitative estimate of drug-likeness (QED) is 0.795. The van der Waals surface area contributed by atoms with Crippen LogP contribution < -0.4 is 4.90 Å². The molecular formula is C16H16ClN5O. The number of hydrogen-bond acceptors (Lipinski definition) is 5. The molecule has 4 rings (SSSR count). The van der Waals surface area contributed by atoms with Crippen LogP contribution >= 0.6 is 11.6 Å². The molecule has 0 aliphatic carbocycles. The van der Waals surface area contributed by atoms with Gasteiger partial charge >= 0.3 is 0 Å². The molecule has 1 fully saturated rings. The van der Waals surface area contributed by atoms with E-state index in [0.717, 1.165) is 17.9 Å². The highest BCUT2D eigenvalue weighted by molar-refractivity contribution is 6.30. The molecule has 0 amide bonds. The van der Waals surface area contributed by atoms with Crippen LogP contribution in [0.25, 0.3) is 5.65 Å². The Kier molecular flexibility index (Phi) is 3.43. The van der Waals surface area contributed by atoms with Crippen LogP contribution in [-0.4, -0.2) is 43.4 Å². The summed E-state index contributed by atoms with van der Waals surface area (Å²) in [5.41, 5.74) is 0.969. The molecule has 0 radical (unpaired) electrons. The van der Waals surface area contributed by atoms with Crippen molar-refractivity contribution in [2.45, 2.75) is 18.4 Å². The van der Waals surface area contributed by atoms with Crippen LogP contribution in [0.15, 0.2) is 43.0 Å². The normalized spacial score (nSPS) is 21.2. The maximum Gasteiger partial charge on any atom is 0.180 e. The molecular weight excluding hydrogens is 314 g/mol. The molecule has 1 aromatic carbocycles. The fourth-order valence-electron chi connectivity index (χ4n) is 3.20. The van der Waals surface area contributed by atoms with Crippen LogP contribution in [-0.2, 0) is 6.42 Å². The smallest absolute Gasteiger partial charge is 0.180 e. The Morgan fingerprint density at radius 1 is 1.30 bits per heavy atom. The second-order valence-corrected chi connectivity index (χ2v) is 6.46. The predicted molar refractivity (Wildman–Crippen MR) is 87.7 cm³/mol. The van der Waals surface area contributed by atoms with E-state index < -0.39 is 5.60 Å². The number of aromatic nitrogens is 4. The maximum absolute atomic E-state index is 10.9. The van der Waals surface area contributed by atoms with Gasteiger partial charge in [-0.2, -0.15) is 0 Å². The first-order chi connectivity index (χ1) is 11.1. The first kappa shape index (κ1) is 14.4. The fourth-order valence-corrected chi connectivity index (χ4v) is 3.41. The lowest BCUT2D eigenvalue weighted by molar-refractivity contribution is 0.0637. The first-order valence-electron chi connectivity index (χ1n) is 7.49. The Morgan fingerprint density at radius 3 is 3.09 bits per heavy atom. The Labute approximate surface area is 138 Å². The van der Waals surface area contributed by atoms with E-state index in [1.54, 1.807) is 18.7 Å². The van der Waals surface area contributed by atoms with Gasteiger partial charge in [-0.1, -0.05) is 23.7 Å². The molecule has 2 aromatic heterocycles. The number of fused-ring (bicyclic) bond motifs is 1. The van der Waals surface area contributed by atoms with Crippen molar-refractivity contribution in [1.82, 2.24) is 19.6 Å². The largest absolute Gasteiger partial charge is 0.388 e. The van der Waals surface area contributed by atoms with Crippen molar-refractivity contribution < 1.29 is 5.11 Å². The summed E-state index contributed by atoms with van der Waals surface area (Å²) in [6, 6.07) is 7.66. The first-order valence-corrected chi connectivity index (χ1v) is 7.86. The molecule has 1 aliphatic heterocycles. The van der Waals surface area contributed by atoms with Gasteiger partial charge in [-0.15, -0.1) is 10.2 Å². The van der Waals surface area contributed by atoms with Gasteiger partial charge in [-0.05, 0) is 24.1 Å². The summed E-state index contributed by atoms with van der Waals surface area (Å²) >= 11 is 6.04. The zero-order chi connectivity index (χ0) is 15.9. The fraction of sp³-hybridized carbons (Fsp3) is 0.312. The molecule has 118 valence electrons. The molecule has 1 N–H and O–H groups in total. The lowest BCUT2D eigenvalue weighted by Gasteiger charge is -2.24. The molecule has 1 saturated heterocycles.